The van der Waals surface area contributed by atoms with Crippen molar-refractivity contribution in [3.05, 3.63) is 59.7 Å². The number of sulfonamides is 1. The Balaban J connectivity index is 1.68. The first-order chi connectivity index (χ1) is 12.9. The average Bonchev–Trinajstić information content (AvgIpc) is 2.66. The highest BCUT2D eigenvalue weighted by atomic mass is 32.2. The van der Waals surface area contributed by atoms with Crippen molar-refractivity contribution in [2.75, 3.05) is 7.05 Å². The second-order valence-electron chi connectivity index (χ2n) is 6.26. The molecule has 7 nitrogen and oxygen atoms in total. The Morgan fingerprint density at radius 3 is 2.26 bits per heavy atom. The largest absolute Gasteiger partial charge is 0.482 e. The highest BCUT2D eigenvalue weighted by Crippen LogP contribution is 2.33. The Kier molecular flexibility index (Phi) is 5.67. The summed E-state index contributed by atoms with van der Waals surface area (Å²) in [5, 5.41) is 2.81. The summed E-state index contributed by atoms with van der Waals surface area (Å²) in [5.41, 5.74) is 1.36. The van der Waals surface area contributed by atoms with E-state index in [4.69, 9.17) is 9.47 Å². The lowest BCUT2D eigenvalue weighted by Crippen LogP contribution is -2.48. The summed E-state index contributed by atoms with van der Waals surface area (Å²) in [6.07, 6.45) is -1.23. The SMILES string of the molecule is CNS(=O)(=O)Cc1ccccc1CNC(=O)C1Oc2ccccc2OC1C. The van der Waals surface area contributed by atoms with E-state index in [1.54, 1.807) is 43.3 Å². The molecule has 1 aliphatic heterocycles. The Morgan fingerprint density at radius 1 is 1.00 bits per heavy atom. The van der Waals surface area contributed by atoms with Gasteiger partial charge in [0.15, 0.2) is 11.5 Å². The normalized spacial score (nSPS) is 18.7. The molecule has 0 spiro atoms. The molecule has 0 bridgehead atoms. The third kappa shape index (κ3) is 4.58. The second kappa shape index (κ2) is 7.98. The third-order valence-electron chi connectivity index (χ3n) is 4.33. The van der Waals surface area contributed by atoms with Gasteiger partial charge in [0.1, 0.15) is 6.10 Å². The number of para-hydroxylation sites is 2. The van der Waals surface area contributed by atoms with Gasteiger partial charge >= 0.3 is 0 Å². The van der Waals surface area contributed by atoms with Crippen LogP contribution in [-0.4, -0.2) is 33.6 Å². The fraction of sp³-hybridized carbons (Fsp3) is 0.316. The first-order valence-corrected chi connectivity index (χ1v) is 10.2. The predicted molar refractivity (Wildman–Crippen MR) is 101 cm³/mol. The van der Waals surface area contributed by atoms with E-state index in [9.17, 15) is 13.2 Å². The van der Waals surface area contributed by atoms with E-state index in [1.165, 1.54) is 7.05 Å². The predicted octanol–water partition coefficient (Wildman–Crippen LogP) is 1.58. The maximum atomic E-state index is 12.6. The number of ether oxygens (including phenoxy) is 2. The molecule has 2 atom stereocenters. The van der Waals surface area contributed by atoms with Crippen molar-refractivity contribution >= 4 is 15.9 Å². The minimum atomic E-state index is -3.40. The Morgan fingerprint density at radius 2 is 1.59 bits per heavy atom. The summed E-state index contributed by atoms with van der Waals surface area (Å²) in [4.78, 5) is 12.6. The van der Waals surface area contributed by atoms with Crippen LogP contribution in [0.3, 0.4) is 0 Å². The van der Waals surface area contributed by atoms with Gasteiger partial charge in [-0.15, -0.1) is 0 Å². The molecule has 3 rings (SSSR count). The van der Waals surface area contributed by atoms with Gasteiger partial charge in [-0.05, 0) is 37.2 Å². The molecule has 0 aliphatic carbocycles. The number of fused-ring (bicyclic) bond motifs is 1. The zero-order valence-electron chi connectivity index (χ0n) is 15.1. The topological polar surface area (TPSA) is 93.7 Å². The average molecular weight is 390 g/mol. The zero-order chi connectivity index (χ0) is 19.4. The van der Waals surface area contributed by atoms with Crippen molar-refractivity contribution in [3.63, 3.8) is 0 Å². The van der Waals surface area contributed by atoms with Crippen LogP contribution in [0, 0.1) is 0 Å². The van der Waals surface area contributed by atoms with Gasteiger partial charge in [0, 0.05) is 6.54 Å². The molecular formula is C19H22N2O5S. The van der Waals surface area contributed by atoms with E-state index < -0.39 is 22.2 Å². The highest BCUT2D eigenvalue weighted by molar-refractivity contribution is 7.88. The van der Waals surface area contributed by atoms with Crippen molar-refractivity contribution in [2.24, 2.45) is 0 Å². The number of hydrogen-bond acceptors (Lipinski definition) is 5. The van der Waals surface area contributed by atoms with Crippen LogP contribution in [-0.2, 0) is 27.1 Å². The van der Waals surface area contributed by atoms with Crippen molar-refractivity contribution in [3.8, 4) is 11.5 Å². The van der Waals surface area contributed by atoms with Gasteiger partial charge in [-0.3, -0.25) is 4.79 Å². The van der Waals surface area contributed by atoms with Crippen LogP contribution in [0.25, 0.3) is 0 Å². The van der Waals surface area contributed by atoms with Crippen LogP contribution in [0.5, 0.6) is 11.5 Å². The van der Waals surface area contributed by atoms with E-state index >= 15 is 0 Å². The molecule has 2 N–H and O–H groups in total. The van der Waals surface area contributed by atoms with E-state index in [-0.39, 0.29) is 18.2 Å². The maximum absolute atomic E-state index is 12.6. The summed E-state index contributed by atoms with van der Waals surface area (Å²) >= 11 is 0. The van der Waals surface area contributed by atoms with Crippen molar-refractivity contribution in [1.29, 1.82) is 0 Å². The lowest BCUT2D eigenvalue weighted by molar-refractivity contribution is -0.133. The number of hydrogen-bond donors (Lipinski definition) is 2. The molecule has 0 saturated carbocycles. The molecule has 1 amide bonds. The summed E-state index contributed by atoms with van der Waals surface area (Å²) < 4.78 is 37.5. The number of carbonyl (C=O) groups is 1. The lowest BCUT2D eigenvalue weighted by Gasteiger charge is -2.31. The molecular weight excluding hydrogens is 368 g/mol. The molecule has 8 heteroatoms. The maximum Gasteiger partial charge on any atom is 0.265 e. The molecule has 2 unspecified atom stereocenters. The van der Waals surface area contributed by atoms with Crippen LogP contribution >= 0.6 is 0 Å². The summed E-state index contributed by atoms with van der Waals surface area (Å²) in [6, 6.07) is 14.3. The minimum absolute atomic E-state index is 0.150. The van der Waals surface area contributed by atoms with E-state index in [2.05, 4.69) is 10.0 Å². The van der Waals surface area contributed by atoms with Crippen molar-refractivity contribution in [1.82, 2.24) is 10.0 Å². The number of benzene rings is 2. The highest BCUT2D eigenvalue weighted by Gasteiger charge is 2.33. The third-order valence-corrected chi connectivity index (χ3v) is 5.64. The number of carbonyl (C=O) groups excluding carboxylic acids is 1. The quantitative estimate of drug-likeness (QED) is 0.781. The van der Waals surface area contributed by atoms with Gasteiger partial charge in [0.25, 0.3) is 5.91 Å². The van der Waals surface area contributed by atoms with Gasteiger partial charge in [0.05, 0.1) is 5.75 Å². The lowest BCUT2D eigenvalue weighted by atomic mass is 10.1. The van der Waals surface area contributed by atoms with Gasteiger partial charge in [0.2, 0.25) is 16.1 Å². The summed E-state index contributed by atoms with van der Waals surface area (Å²) in [5.74, 6) is 0.666. The Bertz CT molecular complexity index is 929. The van der Waals surface area contributed by atoms with Gasteiger partial charge in [-0.1, -0.05) is 36.4 Å². The van der Waals surface area contributed by atoms with Crippen LogP contribution in [0.2, 0.25) is 0 Å². The number of nitrogens with one attached hydrogen (secondary N) is 2. The van der Waals surface area contributed by atoms with Crippen molar-refractivity contribution in [2.45, 2.75) is 31.4 Å². The Hall–Kier alpha value is -2.58. The van der Waals surface area contributed by atoms with Gasteiger partial charge in [-0.25, -0.2) is 13.1 Å². The molecule has 0 aromatic heterocycles. The number of amides is 1. The first kappa shape index (κ1) is 19.2. The molecule has 2 aromatic rings. The molecule has 0 fully saturated rings. The minimum Gasteiger partial charge on any atom is -0.482 e. The Labute approximate surface area is 158 Å². The molecule has 2 aromatic carbocycles. The molecule has 27 heavy (non-hydrogen) atoms. The molecule has 144 valence electrons. The van der Waals surface area contributed by atoms with Crippen LogP contribution in [0.4, 0.5) is 0 Å². The molecule has 0 saturated heterocycles. The summed E-state index contributed by atoms with van der Waals surface area (Å²) in [6.45, 7) is 1.97. The fourth-order valence-corrected chi connectivity index (χ4v) is 3.67. The van der Waals surface area contributed by atoms with Gasteiger partial charge < -0.3 is 14.8 Å². The monoisotopic (exact) mass is 390 g/mol. The molecule has 0 radical (unpaired) electrons. The van der Waals surface area contributed by atoms with E-state index in [0.29, 0.717) is 17.1 Å². The van der Waals surface area contributed by atoms with Gasteiger partial charge in [-0.2, -0.15) is 0 Å². The van der Waals surface area contributed by atoms with Crippen LogP contribution in [0.1, 0.15) is 18.1 Å². The second-order valence-corrected chi connectivity index (χ2v) is 8.18. The molecule has 1 aliphatic rings. The van der Waals surface area contributed by atoms with Crippen molar-refractivity contribution < 1.29 is 22.7 Å². The smallest absolute Gasteiger partial charge is 0.265 e. The van der Waals surface area contributed by atoms with Crippen LogP contribution < -0.4 is 19.5 Å². The van der Waals surface area contributed by atoms with Crippen LogP contribution in [0.15, 0.2) is 48.5 Å². The first-order valence-electron chi connectivity index (χ1n) is 8.57. The summed E-state index contributed by atoms with van der Waals surface area (Å²) in [7, 11) is -2.03. The fourth-order valence-electron chi connectivity index (χ4n) is 2.84. The van der Waals surface area contributed by atoms with E-state index in [0.717, 1.165) is 5.56 Å². The molecule has 1 heterocycles. The van der Waals surface area contributed by atoms with E-state index in [1.807, 2.05) is 12.1 Å². The number of rotatable bonds is 6. The standard InChI is InChI=1S/C19H22N2O5S/c1-13-18(26-17-10-6-5-9-16(17)25-13)19(22)21-11-14-7-3-4-8-15(14)12-27(23,24)20-2/h3-10,13,18,20H,11-12H2,1-2H3,(H,21,22). The zero-order valence-corrected chi connectivity index (χ0v) is 16.0.